The SMILES string of the molecule is [C-]#[N+]c1cc(-c2c(Cl)cc(CC(=O)Cc3ccc(S(C)(=O)=O)cn3)cc2Cl)ccc1CC(C)C. The van der Waals surface area contributed by atoms with Crippen molar-refractivity contribution in [1.29, 1.82) is 0 Å². The van der Waals surface area contributed by atoms with E-state index in [1.807, 2.05) is 12.1 Å². The highest BCUT2D eigenvalue weighted by Gasteiger charge is 2.16. The van der Waals surface area contributed by atoms with Crippen molar-refractivity contribution >= 4 is 44.5 Å². The number of sulfone groups is 1. The van der Waals surface area contributed by atoms with Gasteiger partial charge in [0, 0.05) is 36.6 Å². The maximum atomic E-state index is 12.6. The molecule has 1 heterocycles. The quantitative estimate of drug-likeness (QED) is 0.319. The van der Waals surface area contributed by atoms with Gasteiger partial charge in [0.25, 0.3) is 0 Å². The van der Waals surface area contributed by atoms with Gasteiger partial charge in [-0.3, -0.25) is 9.78 Å². The van der Waals surface area contributed by atoms with Crippen LogP contribution in [0.3, 0.4) is 0 Å². The molecule has 0 aliphatic rings. The van der Waals surface area contributed by atoms with Crippen LogP contribution in [0.5, 0.6) is 0 Å². The number of halogens is 2. The minimum atomic E-state index is -3.34. The molecule has 0 spiro atoms. The van der Waals surface area contributed by atoms with Crippen molar-refractivity contribution < 1.29 is 13.2 Å². The molecule has 3 aromatic rings. The predicted octanol–water partition coefficient (Wildman–Crippen LogP) is 6.56. The number of ketones is 1. The van der Waals surface area contributed by atoms with E-state index in [-0.39, 0.29) is 23.5 Å². The number of hydrogen-bond acceptors (Lipinski definition) is 4. The van der Waals surface area contributed by atoms with Crippen LogP contribution in [0.25, 0.3) is 16.0 Å². The lowest BCUT2D eigenvalue weighted by Gasteiger charge is -2.13. The van der Waals surface area contributed by atoms with Gasteiger partial charge in [-0.15, -0.1) is 0 Å². The molecule has 0 unspecified atom stereocenters. The molecule has 0 amide bonds. The molecule has 0 fully saturated rings. The molecular formula is C26H24Cl2N2O3S. The molecule has 0 atom stereocenters. The summed E-state index contributed by atoms with van der Waals surface area (Å²) in [5.74, 6) is 0.330. The molecule has 0 saturated carbocycles. The Morgan fingerprint density at radius 2 is 1.74 bits per heavy atom. The molecule has 0 N–H and O–H groups in total. The van der Waals surface area contributed by atoms with E-state index in [1.165, 1.54) is 18.3 Å². The van der Waals surface area contributed by atoms with Crippen molar-refractivity contribution in [2.75, 3.05) is 6.26 Å². The predicted molar refractivity (Wildman–Crippen MR) is 136 cm³/mol. The zero-order valence-corrected chi connectivity index (χ0v) is 21.4. The largest absolute Gasteiger partial charge is 0.299 e. The highest BCUT2D eigenvalue weighted by atomic mass is 35.5. The molecular weight excluding hydrogens is 491 g/mol. The fraction of sp³-hybridized carbons (Fsp3) is 0.269. The molecule has 5 nitrogen and oxygen atoms in total. The number of carbonyl (C=O) groups is 1. The molecule has 34 heavy (non-hydrogen) atoms. The number of nitrogens with zero attached hydrogens (tertiary/aromatic N) is 2. The van der Waals surface area contributed by atoms with Gasteiger partial charge in [-0.1, -0.05) is 49.2 Å². The zero-order chi connectivity index (χ0) is 25.0. The van der Waals surface area contributed by atoms with Gasteiger partial charge in [0.05, 0.1) is 21.5 Å². The molecule has 1 aromatic heterocycles. The van der Waals surface area contributed by atoms with Gasteiger partial charge in [0.1, 0.15) is 5.78 Å². The molecule has 0 aliphatic heterocycles. The first kappa shape index (κ1) is 25.9. The second-order valence-electron chi connectivity index (χ2n) is 8.64. The highest BCUT2D eigenvalue weighted by molar-refractivity contribution is 7.90. The van der Waals surface area contributed by atoms with E-state index in [9.17, 15) is 13.2 Å². The van der Waals surface area contributed by atoms with Crippen LogP contribution in [-0.2, 0) is 33.9 Å². The summed E-state index contributed by atoms with van der Waals surface area (Å²) in [6.07, 6.45) is 3.34. The van der Waals surface area contributed by atoms with Gasteiger partial charge < -0.3 is 0 Å². The lowest BCUT2D eigenvalue weighted by atomic mass is 9.96. The van der Waals surface area contributed by atoms with Crippen LogP contribution in [0, 0.1) is 12.5 Å². The number of carbonyl (C=O) groups excluding carboxylic acids is 1. The summed E-state index contributed by atoms with van der Waals surface area (Å²) in [5.41, 5.74) is 4.09. The average Bonchev–Trinajstić information content (AvgIpc) is 2.73. The van der Waals surface area contributed by atoms with Crippen molar-refractivity contribution in [2.45, 2.75) is 38.0 Å². The van der Waals surface area contributed by atoms with E-state index in [0.29, 0.717) is 38.5 Å². The van der Waals surface area contributed by atoms with E-state index in [2.05, 4.69) is 23.7 Å². The fourth-order valence-electron chi connectivity index (χ4n) is 3.67. The maximum Gasteiger partial charge on any atom is 0.191 e. The minimum Gasteiger partial charge on any atom is -0.299 e. The Labute approximate surface area is 210 Å². The number of pyridine rings is 1. The van der Waals surface area contributed by atoms with E-state index in [4.69, 9.17) is 29.8 Å². The summed E-state index contributed by atoms with van der Waals surface area (Å²) in [4.78, 5) is 20.4. The third-order valence-electron chi connectivity index (χ3n) is 5.23. The molecule has 0 aliphatic carbocycles. The Balaban J connectivity index is 1.79. The first-order valence-corrected chi connectivity index (χ1v) is 13.3. The highest BCUT2D eigenvalue weighted by Crippen LogP contribution is 2.38. The molecule has 0 bridgehead atoms. The number of rotatable bonds is 8. The van der Waals surface area contributed by atoms with Gasteiger partial charge >= 0.3 is 0 Å². The van der Waals surface area contributed by atoms with Gasteiger partial charge in [-0.25, -0.2) is 13.3 Å². The third-order valence-corrected chi connectivity index (χ3v) is 6.92. The number of benzene rings is 2. The number of hydrogen-bond donors (Lipinski definition) is 0. The Bertz CT molecular complexity index is 1350. The summed E-state index contributed by atoms with van der Waals surface area (Å²) in [6.45, 7) is 11.7. The van der Waals surface area contributed by atoms with E-state index >= 15 is 0 Å². The Morgan fingerprint density at radius 3 is 2.26 bits per heavy atom. The molecule has 176 valence electrons. The second kappa shape index (κ2) is 10.7. The first-order valence-electron chi connectivity index (χ1n) is 10.6. The number of Topliss-reactive ketones (excluding diaryl/α,β-unsaturated/α-hetero) is 1. The van der Waals surface area contributed by atoms with Crippen LogP contribution in [0.4, 0.5) is 5.69 Å². The fourth-order valence-corrected chi connectivity index (χ4v) is 4.98. The maximum absolute atomic E-state index is 12.6. The van der Waals surface area contributed by atoms with E-state index in [0.717, 1.165) is 23.8 Å². The zero-order valence-electron chi connectivity index (χ0n) is 19.1. The van der Waals surface area contributed by atoms with Crippen LogP contribution < -0.4 is 0 Å². The Morgan fingerprint density at radius 1 is 1.06 bits per heavy atom. The molecule has 3 rings (SSSR count). The molecule has 0 radical (unpaired) electrons. The van der Waals surface area contributed by atoms with Crippen LogP contribution in [0.15, 0.2) is 53.6 Å². The summed E-state index contributed by atoms with van der Waals surface area (Å²) in [6, 6.07) is 12.0. The first-order chi connectivity index (χ1) is 16.0. The minimum absolute atomic E-state index is 0.0622. The van der Waals surface area contributed by atoms with Gasteiger partial charge in [0.2, 0.25) is 0 Å². The van der Waals surface area contributed by atoms with Crippen molar-refractivity contribution in [3.05, 3.63) is 86.9 Å². The molecule has 2 aromatic carbocycles. The standard InChI is InChI=1S/C26H24Cl2N2O3S/c1-16(2)9-18-5-6-19(13-25(18)29-3)26-23(27)11-17(12-24(26)28)10-21(31)14-20-7-8-22(15-30-20)34(4,32)33/h5-8,11-13,15-16H,9-10,14H2,1-2,4H3. The lowest BCUT2D eigenvalue weighted by Crippen LogP contribution is -2.08. The van der Waals surface area contributed by atoms with Gasteiger partial charge in [-0.05, 0) is 59.4 Å². The van der Waals surface area contributed by atoms with Crippen LogP contribution in [0.2, 0.25) is 10.0 Å². The average molecular weight is 515 g/mol. The Hall–Kier alpha value is -2.72. The summed E-state index contributed by atoms with van der Waals surface area (Å²) < 4.78 is 23.1. The van der Waals surface area contributed by atoms with Crippen LogP contribution in [0.1, 0.15) is 30.7 Å². The smallest absolute Gasteiger partial charge is 0.191 e. The van der Waals surface area contributed by atoms with Crippen LogP contribution >= 0.6 is 23.2 Å². The third kappa shape index (κ3) is 6.44. The monoisotopic (exact) mass is 514 g/mol. The number of aromatic nitrogens is 1. The van der Waals surface area contributed by atoms with Crippen LogP contribution in [-0.4, -0.2) is 25.4 Å². The van der Waals surface area contributed by atoms with Gasteiger partial charge in [0.15, 0.2) is 15.5 Å². The summed E-state index contributed by atoms with van der Waals surface area (Å²) in [5, 5.41) is 0.803. The van der Waals surface area contributed by atoms with Crippen molar-refractivity contribution in [2.24, 2.45) is 5.92 Å². The summed E-state index contributed by atoms with van der Waals surface area (Å²) in [7, 11) is -3.34. The van der Waals surface area contributed by atoms with Gasteiger partial charge in [-0.2, -0.15) is 0 Å². The topological polar surface area (TPSA) is 68.5 Å². The summed E-state index contributed by atoms with van der Waals surface area (Å²) >= 11 is 13.1. The molecule has 0 saturated heterocycles. The van der Waals surface area contributed by atoms with Crippen molar-refractivity contribution in [3.63, 3.8) is 0 Å². The molecule has 8 heteroatoms. The Kier molecular flexibility index (Phi) is 8.14. The second-order valence-corrected chi connectivity index (χ2v) is 11.5. The van der Waals surface area contributed by atoms with Crippen molar-refractivity contribution in [3.8, 4) is 11.1 Å². The lowest BCUT2D eigenvalue weighted by molar-refractivity contribution is -0.117. The van der Waals surface area contributed by atoms with E-state index < -0.39 is 9.84 Å². The van der Waals surface area contributed by atoms with E-state index in [1.54, 1.807) is 18.2 Å². The normalized spacial score (nSPS) is 11.4. The van der Waals surface area contributed by atoms with Crippen molar-refractivity contribution in [1.82, 2.24) is 4.98 Å².